The molecular weight excluding hydrogens is 489 g/mol. The molecule has 6 nitrogen and oxygen atoms in total. The third-order valence-corrected chi connectivity index (χ3v) is 6.91. The maximum Gasteiger partial charge on any atom is 0.259 e. The molecule has 0 spiro atoms. The van der Waals surface area contributed by atoms with Crippen LogP contribution in [0, 0.1) is 0 Å². The van der Waals surface area contributed by atoms with E-state index in [1.807, 2.05) is 0 Å². The van der Waals surface area contributed by atoms with Gasteiger partial charge in [0.25, 0.3) is 5.55 Å². The molecule has 3 aromatic heterocycles. The molecule has 0 atom stereocenters. The Labute approximate surface area is 208 Å². The van der Waals surface area contributed by atoms with Gasteiger partial charge >= 0.3 is 0 Å². The fourth-order valence-corrected chi connectivity index (χ4v) is 4.99. The van der Waals surface area contributed by atoms with Crippen LogP contribution in [0.4, 0.5) is 0 Å². The highest BCUT2D eigenvalue weighted by Crippen LogP contribution is 2.26. The van der Waals surface area contributed by atoms with Crippen LogP contribution in [-0.4, -0.2) is 6.04 Å². The van der Waals surface area contributed by atoms with Crippen molar-refractivity contribution in [2.75, 3.05) is 0 Å². The normalized spacial score (nSPS) is 15.4. The summed E-state index contributed by atoms with van der Waals surface area (Å²) >= 11 is 12.2. The quantitative estimate of drug-likeness (QED) is 0.244. The lowest BCUT2D eigenvalue weighted by Gasteiger charge is -2.17. The molecule has 35 heavy (non-hydrogen) atoms. The molecule has 2 aromatic carbocycles. The van der Waals surface area contributed by atoms with E-state index >= 15 is 0 Å². The summed E-state index contributed by atoms with van der Waals surface area (Å²) in [5.41, 5.74) is 0.762. The molecule has 6 rings (SSSR count). The number of hydrogen-bond donors (Lipinski definition) is 0. The Morgan fingerprint density at radius 3 is 2.20 bits per heavy atom. The van der Waals surface area contributed by atoms with E-state index in [0.29, 0.717) is 32.0 Å². The topological polar surface area (TPSA) is 85.9 Å². The summed E-state index contributed by atoms with van der Waals surface area (Å²) in [6.07, 6.45) is 6.49. The van der Waals surface area contributed by atoms with Crippen molar-refractivity contribution in [1.82, 2.24) is 0 Å². The molecule has 0 amide bonds. The highest BCUT2D eigenvalue weighted by molar-refractivity contribution is 6.31. The van der Waals surface area contributed by atoms with Crippen LogP contribution in [0.2, 0.25) is 10.0 Å². The van der Waals surface area contributed by atoms with Gasteiger partial charge in [-0.05, 0) is 55.3 Å². The third kappa shape index (κ3) is 3.97. The summed E-state index contributed by atoms with van der Waals surface area (Å²) in [4.78, 5) is 31.6. The zero-order chi connectivity index (χ0) is 24.1. The fraction of sp³-hybridized carbons (Fsp3) is 0.222. The average Bonchev–Trinajstić information content (AvgIpc) is 2.86. The number of hydrogen-bond acceptors (Lipinski definition) is 6. The van der Waals surface area contributed by atoms with Crippen molar-refractivity contribution >= 4 is 56.1 Å². The van der Waals surface area contributed by atoms with Crippen LogP contribution >= 0.6 is 23.2 Å². The van der Waals surface area contributed by atoms with Gasteiger partial charge in [-0.2, -0.15) is 0 Å². The van der Waals surface area contributed by atoms with Crippen molar-refractivity contribution in [1.29, 1.82) is 0 Å². The summed E-state index contributed by atoms with van der Waals surface area (Å²) in [6.45, 7) is 0. The Hall–Kier alpha value is -3.35. The Bertz CT molecular complexity index is 1810. The van der Waals surface area contributed by atoms with E-state index in [4.69, 9.17) is 41.4 Å². The van der Waals surface area contributed by atoms with Crippen LogP contribution in [0.3, 0.4) is 0 Å². The lowest BCUT2D eigenvalue weighted by Crippen LogP contribution is -2.18. The van der Waals surface area contributed by atoms with Crippen LogP contribution in [0.1, 0.15) is 32.1 Å². The van der Waals surface area contributed by atoms with Gasteiger partial charge in [-0.3, -0.25) is 9.59 Å². The van der Waals surface area contributed by atoms with E-state index in [1.165, 1.54) is 18.8 Å². The van der Waals surface area contributed by atoms with Crippen molar-refractivity contribution < 1.29 is 13.3 Å². The van der Waals surface area contributed by atoms with Gasteiger partial charge in [0, 0.05) is 10.0 Å². The van der Waals surface area contributed by atoms with Crippen molar-refractivity contribution in [2.45, 2.75) is 38.1 Å². The molecule has 5 aromatic rings. The van der Waals surface area contributed by atoms with Gasteiger partial charge < -0.3 is 13.3 Å². The zero-order valence-corrected chi connectivity index (χ0v) is 20.0. The maximum atomic E-state index is 13.5. The second-order valence-electron chi connectivity index (χ2n) is 8.77. The van der Waals surface area contributed by atoms with E-state index in [9.17, 15) is 9.59 Å². The Morgan fingerprint density at radius 1 is 0.771 bits per heavy atom. The molecule has 8 heteroatoms. The van der Waals surface area contributed by atoms with Gasteiger partial charge in [-0.1, -0.05) is 42.5 Å². The highest BCUT2D eigenvalue weighted by atomic mass is 35.5. The van der Waals surface area contributed by atoms with Gasteiger partial charge in [0.2, 0.25) is 16.4 Å². The molecule has 0 radical (unpaired) electrons. The van der Waals surface area contributed by atoms with Gasteiger partial charge in [-0.25, -0.2) is 4.99 Å². The minimum absolute atomic E-state index is 0.0454. The number of benzene rings is 2. The molecule has 176 valence electrons. The van der Waals surface area contributed by atoms with Crippen molar-refractivity contribution in [3.63, 3.8) is 0 Å². The van der Waals surface area contributed by atoms with Gasteiger partial charge in [-0.15, -0.1) is 0 Å². The lowest BCUT2D eigenvalue weighted by molar-refractivity contribution is 0.409. The average molecular weight is 508 g/mol. The molecule has 1 fully saturated rings. The lowest BCUT2D eigenvalue weighted by atomic mass is 9.96. The summed E-state index contributed by atoms with van der Waals surface area (Å²) in [7, 11) is 0. The molecule has 0 N–H and O–H groups in total. The zero-order valence-electron chi connectivity index (χ0n) is 18.5. The van der Waals surface area contributed by atoms with Gasteiger partial charge in [0.15, 0.2) is 0 Å². The van der Waals surface area contributed by atoms with Crippen molar-refractivity contribution in [2.24, 2.45) is 4.99 Å². The van der Waals surface area contributed by atoms with Crippen LogP contribution < -0.4 is 16.4 Å². The van der Waals surface area contributed by atoms with Crippen LogP contribution in [0.5, 0.6) is 0 Å². The number of rotatable bonds is 2. The summed E-state index contributed by atoms with van der Waals surface area (Å²) in [6, 6.07) is 11.3. The molecule has 0 saturated heterocycles. The van der Waals surface area contributed by atoms with Crippen molar-refractivity contribution in [3.05, 3.63) is 84.8 Å². The first kappa shape index (κ1) is 22.1. The van der Waals surface area contributed by atoms with E-state index in [1.54, 1.807) is 36.4 Å². The second kappa shape index (κ2) is 8.70. The molecule has 0 unspecified atom stereocenters. The van der Waals surface area contributed by atoms with Crippen LogP contribution in [-0.2, 0) is 0 Å². The largest absolute Gasteiger partial charge is 0.463 e. The smallest absolute Gasteiger partial charge is 0.259 e. The van der Waals surface area contributed by atoms with Crippen LogP contribution in [0.15, 0.2) is 76.6 Å². The van der Waals surface area contributed by atoms with Crippen molar-refractivity contribution in [3.8, 4) is 11.3 Å². The van der Waals surface area contributed by atoms with E-state index in [-0.39, 0.29) is 44.7 Å². The molecular formula is C27H19Cl2NO5. The first-order valence-corrected chi connectivity index (χ1v) is 12.2. The van der Waals surface area contributed by atoms with Gasteiger partial charge in [0.05, 0.1) is 22.2 Å². The van der Waals surface area contributed by atoms with E-state index < -0.39 is 0 Å². The molecule has 1 saturated carbocycles. The monoisotopic (exact) mass is 507 g/mol. The SMILES string of the molecule is O=c1c(-c2cc3c(=O)c4cc(Cl)ccc4oc3c(=NC3CCCCC3)o2)coc2ccc(Cl)cc12. The predicted molar refractivity (Wildman–Crippen MR) is 136 cm³/mol. The molecule has 1 aliphatic carbocycles. The number of halogens is 2. The van der Waals surface area contributed by atoms with E-state index in [0.717, 1.165) is 25.7 Å². The van der Waals surface area contributed by atoms with E-state index in [2.05, 4.69) is 0 Å². The predicted octanol–water partition coefficient (Wildman–Crippen LogP) is 6.85. The first-order chi connectivity index (χ1) is 17.0. The molecule has 3 heterocycles. The minimum Gasteiger partial charge on any atom is -0.463 e. The Balaban J connectivity index is 1.68. The van der Waals surface area contributed by atoms with Gasteiger partial charge in [0.1, 0.15) is 28.8 Å². The first-order valence-electron chi connectivity index (χ1n) is 11.4. The summed E-state index contributed by atoms with van der Waals surface area (Å²) in [5.74, 6) is 0.163. The Morgan fingerprint density at radius 2 is 1.46 bits per heavy atom. The standard InChI is InChI=1S/C27H19Cl2NO5/c28-14-6-8-21-17(10-14)25(32)20(13-33-21)23-12-19-24(31)18-11-15(29)7-9-22(18)34-26(19)27(35-23)30-16-4-2-1-3-5-16/h6-13,16H,1-5H2. The highest BCUT2D eigenvalue weighted by Gasteiger charge is 2.19. The number of fused-ring (bicyclic) bond motifs is 3. The van der Waals surface area contributed by atoms with Crippen LogP contribution in [0.25, 0.3) is 44.2 Å². The summed E-state index contributed by atoms with van der Waals surface area (Å²) < 4.78 is 17.9. The maximum absolute atomic E-state index is 13.5. The number of nitrogens with zero attached hydrogens (tertiary/aromatic N) is 1. The fourth-order valence-electron chi connectivity index (χ4n) is 4.65. The minimum atomic E-state index is -0.325. The molecule has 0 aliphatic heterocycles. The molecule has 0 bridgehead atoms. The Kier molecular flexibility index (Phi) is 5.50. The summed E-state index contributed by atoms with van der Waals surface area (Å²) in [5, 5.41) is 1.73. The molecule has 1 aliphatic rings. The third-order valence-electron chi connectivity index (χ3n) is 6.44. The second-order valence-corrected chi connectivity index (χ2v) is 9.64.